The highest BCUT2D eigenvalue weighted by Crippen LogP contribution is 2.48. The van der Waals surface area contributed by atoms with Gasteiger partial charge < -0.3 is 13.7 Å². The molecule has 0 aliphatic carbocycles. The van der Waals surface area contributed by atoms with Crippen molar-refractivity contribution in [1.82, 2.24) is 0 Å². The summed E-state index contributed by atoms with van der Waals surface area (Å²) in [6.07, 6.45) is 0. The van der Waals surface area contributed by atoms with Crippen LogP contribution in [0.25, 0.3) is 76.5 Å². The summed E-state index contributed by atoms with van der Waals surface area (Å²) in [6.45, 7) is 0. The molecule has 0 aliphatic rings. The second kappa shape index (κ2) is 10.1. The monoisotopic (exact) mass is 601 g/mol. The number of furan rings is 2. The molecule has 0 N–H and O–H groups in total. The Bertz CT molecular complexity index is 2790. The molecular weight excluding hydrogens is 574 g/mol. The molecule has 0 saturated carbocycles. The van der Waals surface area contributed by atoms with Gasteiger partial charge in [0.05, 0.1) is 11.4 Å². The van der Waals surface area contributed by atoms with Crippen LogP contribution >= 0.6 is 0 Å². The minimum absolute atomic E-state index is 0.848. The third-order valence-corrected chi connectivity index (χ3v) is 9.45. The van der Waals surface area contributed by atoms with E-state index < -0.39 is 0 Å². The van der Waals surface area contributed by atoms with Crippen molar-refractivity contribution in [3.05, 3.63) is 164 Å². The van der Waals surface area contributed by atoms with Crippen LogP contribution in [0.15, 0.2) is 173 Å². The molecule has 10 aromatic rings. The average molecular weight is 602 g/mol. The Kier molecular flexibility index (Phi) is 5.57. The van der Waals surface area contributed by atoms with Gasteiger partial charge in [-0.15, -0.1) is 0 Å². The second-order valence-corrected chi connectivity index (χ2v) is 12.1. The molecule has 47 heavy (non-hydrogen) atoms. The van der Waals surface area contributed by atoms with E-state index in [4.69, 9.17) is 8.83 Å². The van der Waals surface area contributed by atoms with E-state index in [2.05, 4.69) is 157 Å². The maximum atomic E-state index is 6.80. The number of para-hydroxylation sites is 2. The lowest BCUT2D eigenvalue weighted by molar-refractivity contribution is 0.668. The van der Waals surface area contributed by atoms with E-state index in [0.29, 0.717) is 0 Å². The second-order valence-electron chi connectivity index (χ2n) is 12.1. The summed E-state index contributed by atoms with van der Waals surface area (Å²) >= 11 is 0. The quantitative estimate of drug-likeness (QED) is 0.201. The first-order valence-electron chi connectivity index (χ1n) is 15.9. The average Bonchev–Trinajstić information content (AvgIpc) is 3.72. The number of benzene rings is 8. The van der Waals surface area contributed by atoms with Crippen LogP contribution in [-0.2, 0) is 0 Å². The van der Waals surface area contributed by atoms with Crippen LogP contribution in [0.5, 0.6) is 0 Å². The van der Waals surface area contributed by atoms with E-state index in [0.717, 1.165) is 77.1 Å². The van der Waals surface area contributed by atoms with Gasteiger partial charge in [0, 0.05) is 44.1 Å². The van der Waals surface area contributed by atoms with E-state index in [9.17, 15) is 0 Å². The van der Waals surface area contributed by atoms with Gasteiger partial charge in [-0.1, -0.05) is 127 Å². The fraction of sp³-hybridized carbons (Fsp3) is 0. The summed E-state index contributed by atoms with van der Waals surface area (Å²) in [5.74, 6) is 0. The molecule has 2 heterocycles. The van der Waals surface area contributed by atoms with Gasteiger partial charge in [-0.3, -0.25) is 0 Å². The standard InChI is InChI=1S/C44H27NO2/c1-2-11-28(12-3-1)29-21-24-31(25-22-29)45(38-19-10-18-36-34-16-8-9-20-40(34)46-44(36)38)39-27-41-42(35-17-7-6-15-33(35)39)37-26-23-30-13-4-5-14-32(30)43(37)47-41/h1-27H. The van der Waals surface area contributed by atoms with Crippen molar-refractivity contribution in [2.24, 2.45) is 0 Å². The molecule has 0 amide bonds. The number of hydrogen-bond acceptors (Lipinski definition) is 3. The van der Waals surface area contributed by atoms with Gasteiger partial charge in [0.1, 0.15) is 16.7 Å². The number of rotatable bonds is 4. The summed E-state index contributed by atoms with van der Waals surface area (Å²) in [4.78, 5) is 2.33. The predicted octanol–water partition coefficient (Wildman–Crippen LogP) is 12.9. The van der Waals surface area contributed by atoms with Crippen LogP contribution in [0.2, 0.25) is 0 Å². The molecule has 0 unspecified atom stereocenters. The van der Waals surface area contributed by atoms with Gasteiger partial charge in [-0.25, -0.2) is 0 Å². The van der Waals surface area contributed by atoms with Crippen LogP contribution in [0.3, 0.4) is 0 Å². The Hall–Kier alpha value is -6.32. The maximum Gasteiger partial charge on any atom is 0.159 e. The summed E-state index contributed by atoms with van der Waals surface area (Å²) in [5, 5.41) is 9.02. The minimum Gasteiger partial charge on any atom is -0.455 e. The summed E-state index contributed by atoms with van der Waals surface area (Å²) in [6, 6.07) is 57.7. The lowest BCUT2D eigenvalue weighted by Gasteiger charge is -2.27. The molecule has 0 saturated heterocycles. The van der Waals surface area contributed by atoms with E-state index in [1.165, 1.54) is 16.5 Å². The molecule has 0 fully saturated rings. The Morgan fingerprint density at radius 1 is 0.362 bits per heavy atom. The van der Waals surface area contributed by atoms with Crippen molar-refractivity contribution in [3.63, 3.8) is 0 Å². The zero-order valence-electron chi connectivity index (χ0n) is 25.4. The fourth-order valence-electron chi connectivity index (χ4n) is 7.28. The molecule has 0 atom stereocenters. The van der Waals surface area contributed by atoms with E-state index in [1.807, 2.05) is 12.1 Å². The molecule has 0 aliphatic heterocycles. The highest BCUT2D eigenvalue weighted by atomic mass is 16.3. The van der Waals surface area contributed by atoms with Gasteiger partial charge in [-0.2, -0.15) is 0 Å². The van der Waals surface area contributed by atoms with Gasteiger partial charge in [0.25, 0.3) is 0 Å². The smallest absolute Gasteiger partial charge is 0.159 e. The third kappa shape index (κ3) is 3.93. The number of nitrogens with zero attached hydrogens (tertiary/aromatic N) is 1. The summed E-state index contributed by atoms with van der Waals surface area (Å²) in [7, 11) is 0. The van der Waals surface area contributed by atoms with E-state index >= 15 is 0 Å². The van der Waals surface area contributed by atoms with Gasteiger partial charge in [0.2, 0.25) is 0 Å². The maximum absolute atomic E-state index is 6.80. The van der Waals surface area contributed by atoms with Crippen molar-refractivity contribution in [2.45, 2.75) is 0 Å². The van der Waals surface area contributed by atoms with E-state index in [-0.39, 0.29) is 0 Å². The molecule has 0 bridgehead atoms. The van der Waals surface area contributed by atoms with Crippen LogP contribution < -0.4 is 4.90 Å². The topological polar surface area (TPSA) is 29.5 Å². The molecule has 0 radical (unpaired) electrons. The largest absolute Gasteiger partial charge is 0.455 e. The number of anilines is 3. The van der Waals surface area contributed by atoms with Gasteiger partial charge in [-0.05, 0) is 52.2 Å². The normalized spacial score (nSPS) is 11.8. The first-order valence-corrected chi connectivity index (χ1v) is 15.9. The van der Waals surface area contributed by atoms with Crippen molar-refractivity contribution in [1.29, 1.82) is 0 Å². The minimum atomic E-state index is 0.848. The zero-order valence-corrected chi connectivity index (χ0v) is 25.4. The first kappa shape index (κ1) is 26.0. The Morgan fingerprint density at radius 2 is 1.02 bits per heavy atom. The Morgan fingerprint density at radius 3 is 1.87 bits per heavy atom. The first-order chi connectivity index (χ1) is 23.3. The molecule has 8 aromatic carbocycles. The SMILES string of the molecule is c1ccc(-c2ccc(N(c3cc4oc5c6ccccc6ccc5c4c4ccccc34)c3cccc4c3oc3ccccc34)cc2)cc1. The molecule has 2 aromatic heterocycles. The summed E-state index contributed by atoms with van der Waals surface area (Å²) < 4.78 is 13.4. The lowest BCUT2D eigenvalue weighted by Crippen LogP contribution is -2.11. The predicted molar refractivity (Wildman–Crippen MR) is 196 cm³/mol. The van der Waals surface area contributed by atoms with Crippen molar-refractivity contribution < 1.29 is 8.83 Å². The third-order valence-electron chi connectivity index (χ3n) is 9.45. The van der Waals surface area contributed by atoms with Crippen molar-refractivity contribution >= 4 is 82.5 Å². The summed E-state index contributed by atoms with van der Waals surface area (Å²) in [5.41, 5.74) is 8.87. The number of fused-ring (bicyclic) bond motifs is 10. The van der Waals surface area contributed by atoms with Crippen LogP contribution in [0, 0.1) is 0 Å². The van der Waals surface area contributed by atoms with Gasteiger partial charge >= 0.3 is 0 Å². The molecule has 3 nitrogen and oxygen atoms in total. The van der Waals surface area contributed by atoms with Crippen LogP contribution in [0.4, 0.5) is 17.1 Å². The van der Waals surface area contributed by atoms with Crippen molar-refractivity contribution in [2.75, 3.05) is 4.90 Å². The fourth-order valence-corrected chi connectivity index (χ4v) is 7.28. The zero-order chi connectivity index (χ0) is 30.9. The molecule has 3 heteroatoms. The Balaban J connectivity index is 1.29. The lowest BCUT2D eigenvalue weighted by atomic mass is 9.99. The van der Waals surface area contributed by atoms with Crippen LogP contribution in [0.1, 0.15) is 0 Å². The van der Waals surface area contributed by atoms with Crippen molar-refractivity contribution in [3.8, 4) is 11.1 Å². The molecule has 0 spiro atoms. The molecule has 10 rings (SSSR count). The van der Waals surface area contributed by atoms with E-state index in [1.54, 1.807) is 0 Å². The molecule has 220 valence electrons. The Labute approximate surface area is 270 Å². The highest BCUT2D eigenvalue weighted by Gasteiger charge is 2.24. The molecular formula is C44H27NO2. The van der Waals surface area contributed by atoms with Gasteiger partial charge in [0.15, 0.2) is 5.58 Å². The van der Waals surface area contributed by atoms with Crippen LogP contribution in [-0.4, -0.2) is 0 Å². The number of hydrogen-bond donors (Lipinski definition) is 0. The highest BCUT2D eigenvalue weighted by molar-refractivity contribution is 6.26.